The molecule has 112 valence electrons. The number of hydrogen-bond acceptors (Lipinski definition) is 3. The summed E-state index contributed by atoms with van der Waals surface area (Å²) in [6.07, 6.45) is 3.95. The van der Waals surface area contributed by atoms with Crippen LogP contribution in [0.1, 0.15) is 38.8 Å². The van der Waals surface area contributed by atoms with Crippen LogP contribution in [0.4, 0.5) is 0 Å². The minimum absolute atomic E-state index is 0.592. The molecule has 3 unspecified atom stereocenters. The number of rotatable bonds is 4. The summed E-state index contributed by atoms with van der Waals surface area (Å²) in [7, 11) is 0. The van der Waals surface area contributed by atoms with E-state index in [9.17, 15) is 0 Å². The first-order chi connectivity index (χ1) is 10.3. The summed E-state index contributed by atoms with van der Waals surface area (Å²) < 4.78 is 0. The second-order valence-electron chi connectivity index (χ2n) is 6.24. The third-order valence-corrected chi connectivity index (χ3v) is 4.91. The average Bonchev–Trinajstić information content (AvgIpc) is 2.98. The van der Waals surface area contributed by atoms with Gasteiger partial charge in [0.25, 0.3) is 0 Å². The second kappa shape index (κ2) is 6.39. The van der Waals surface area contributed by atoms with Crippen molar-refractivity contribution in [3.05, 3.63) is 36.0 Å². The second-order valence-corrected chi connectivity index (χ2v) is 6.24. The van der Waals surface area contributed by atoms with Gasteiger partial charge in [0.05, 0.1) is 0 Å². The van der Waals surface area contributed by atoms with E-state index in [1.165, 1.54) is 19.3 Å². The van der Waals surface area contributed by atoms with E-state index in [-0.39, 0.29) is 0 Å². The first-order valence-electron chi connectivity index (χ1n) is 7.94. The largest absolute Gasteiger partial charge is 0.308 e. The van der Waals surface area contributed by atoms with Gasteiger partial charge in [-0.3, -0.25) is 0 Å². The Hall–Kier alpha value is -1.68. The van der Waals surface area contributed by atoms with Crippen molar-refractivity contribution in [1.82, 2.24) is 20.7 Å². The molecule has 1 aromatic carbocycles. The molecule has 2 aromatic rings. The lowest BCUT2D eigenvalue weighted by molar-refractivity contribution is 0.205. The Morgan fingerprint density at radius 1 is 1.14 bits per heavy atom. The number of aromatic nitrogens is 3. The van der Waals surface area contributed by atoms with Crippen LogP contribution in [0.2, 0.25) is 0 Å². The van der Waals surface area contributed by atoms with Crippen LogP contribution in [0.3, 0.4) is 0 Å². The fourth-order valence-corrected chi connectivity index (χ4v) is 3.30. The Morgan fingerprint density at radius 2 is 1.95 bits per heavy atom. The van der Waals surface area contributed by atoms with Gasteiger partial charge in [0.2, 0.25) is 0 Å². The first kappa shape index (κ1) is 14.3. The average molecular weight is 284 g/mol. The highest BCUT2D eigenvalue weighted by Crippen LogP contribution is 2.30. The molecule has 0 amide bonds. The monoisotopic (exact) mass is 284 g/mol. The lowest BCUT2D eigenvalue weighted by atomic mass is 9.78. The molecule has 1 aliphatic carbocycles. The maximum Gasteiger partial charge on any atom is 0.117 e. The molecule has 21 heavy (non-hydrogen) atoms. The number of nitrogens with one attached hydrogen (secondary N) is 2. The van der Waals surface area contributed by atoms with Crippen molar-refractivity contribution in [2.75, 3.05) is 0 Å². The summed E-state index contributed by atoms with van der Waals surface area (Å²) in [4.78, 5) is 0. The van der Waals surface area contributed by atoms with E-state index in [0.29, 0.717) is 6.04 Å². The minimum Gasteiger partial charge on any atom is -0.308 e. The summed E-state index contributed by atoms with van der Waals surface area (Å²) in [5.41, 5.74) is 3.08. The molecular weight excluding hydrogens is 260 g/mol. The van der Waals surface area contributed by atoms with Gasteiger partial charge in [-0.2, -0.15) is 15.4 Å². The van der Waals surface area contributed by atoms with Crippen LogP contribution in [-0.2, 0) is 6.54 Å². The Balaban J connectivity index is 1.68. The summed E-state index contributed by atoms with van der Waals surface area (Å²) >= 11 is 0. The van der Waals surface area contributed by atoms with Crippen molar-refractivity contribution < 1.29 is 0 Å². The topological polar surface area (TPSA) is 53.6 Å². The van der Waals surface area contributed by atoms with Gasteiger partial charge in [-0.1, -0.05) is 57.0 Å². The van der Waals surface area contributed by atoms with Crippen molar-refractivity contribution in [3.63, 3.8) is 0 Å². The zero-order valence-electron chi connectivity index (χ0n) is 12.8. The Bertz CT molecular complexity index is 563. The molecule has 3 rings (SSSR count). The molecule has 0 saturated heterocycles. The molecule has 0 bridgehead atoms. The lowest BCUT2D eigenvalue weighted by Crippen LogP contribution is -2.40. The van der Waals surface area contributed by atoms with Crippen molar-refractivity contribution >= 4 is 0 Å². The highest BCUT2D eigenvalue weighted by Gasteiger charge is 2.26. The normalized spacial score (nSPS) is 25.9. The van der Waals surface area contributed by atoms with Gasteiger partial charge in [-0.15, -0.1) is 0 Å². The van der Waals surface area contributed by atoms with Gasteiger partial charge < -0.3 is 5.32 Å². The molecule has 4 nitrogen and oxygen atoms in total. The van der Waals surface area contributed by atoms with E-state index >= 15 is 0 Å². The van der Waals surface area contributed by atoms with Gasteiger partial charge in [-0.05, 0) is 18.3 Å². The molecule has 0 aliphatic heterocycles. The van der Waals surface area contributed by atoms with Crippen LogP contribution in [-0.4, -0.2) is 21.5 Å². The molecule has 0 radical (unpaired) electrons. The van der Waals surface area contributed by atoms with Crippen molar-refractivity contribution in [2.24, 2.45) is 11.8 Å². The Morgan fingerprint density at radius 3 is 2.76 bits per heavy atom. The molecule has 2 N–H and O–H groups in total. The third-order valence-electron chi connectivity index (χ3n) is 4.91. The van der Waals surface area contributed by atoms with Crippen molar-refractivity contribution in [1.29, 1.82) is 0 Å². The van der Waals surface area contributed by atoms with Gasteiger partial charge in [0.1, 0.15) is 11.4 Å². The van der Waals surface area contributed by atoms with E-state index < -0.39 is 0 Å². The van der Waals surface area contributed by atoms with E-state index in [0.717, 1.165) is 35.3 Å². The van der Waals surface area contributed by atoms with Crippen LogP contribution in [0.25, 0.3) is 11.3 Å². The van der Waals surface area contributed by atoms with E-state index in [2.05, 4.69) is 46.7 Å². The molecular formula is C17H24N4. The van der Waals surface area contributed by atoms with Gasteiger partial charge in [0, 0.05) is 18.2 Å². The standard InChI is InChI=1S/C17H24N4/c1-12-7-6-10-15(13(12)2)18-11-16-17(20-21-19-16)14-8-4-3-5-9-14/h3-5,8-9,12-13,15,18H,6-7,10-11H2,1-2H3,(H,19,20,21). The molecule has 4 heteroatoms. The molecule has 1 heterocycles. The highest BCUT2D eigenvalue weighted by molar-refractivity contribution is 5.60. The molecule has 3 atom stereocenters. The number of hydrogen-bond donors (Lipinski definition) is 2. The van der Waals surface area contributed by atoms with E-state index in [1.807, 2.05) is 18.2 Å². The van der Waals surface area contributed by atoms with Crippen molar-refractivity contribution in [2.45, 2.75) is 45.7 Å². The summed E-state index contributed by atoms with van der Waals surface area (Å²) in [5, 5.41) is 15.1. The zero-order valence-corrected chi connectivity index (χ0v) is 12.8. The zero-order chi connectivity index (χ0) is 14.7. The molecule has 1 fully saturated rings. The minimum atomic E-state index is 0.592. The van der Waals surface area contributed by atoms with Crippen molar-refractivity contribution in [3.8, 4) is 11.3 Å². The molecule has 1 saturated carbocycles. The number of H-pyrrole nitrogens is 1. The fourth-order valence-electron chi connectivity index (χ4n) is 3.30. The first-order valence-corrected chi connectivity index (χ1v) is 7.94. The maximum atomic E-state index is 4.32. The highest BCUT2D eigenvalue weighted by atomic mass is 15.3. The summed E-state index contributed by atoms with van der Waals surface area (Å²) in [6.45, 7) is 5.51. The molecule has 0 spiro atoms. The van der Waals surface area contributed by atoms with Crippen LogP contribution < -0.4 is 5.32 Å². The smallest absolute Gasteiger partial charge is 0.117 e. The quantitative estimate of drug-likeness (QED) is 0.905. The lowest BCUT2D eigenvalue weighted by Gasteiger charge is -2.34. The predicted octanol–water partition coefficient (Wildman–Crippen LogP) is 3.39. The summed E-state index contributed by atoms with van der Waals surface area (Å²) in [5.74, 6) is 1.54. The number of aromatic amines is 1. The SMILES string of the molecule is CC1CCCC(NCc2n[nH]nc2-c2ccccc2)C1C. The van der Waals surface area contributed by atoms with Crippen LogP contribution >= 0.6 is 0 Å². The molecule has 1 aliphatic rings. The van der Waals surface area contributed by atoms with Crippen LogP contribution in [0, 0.1) is 11.8 Å². The summed E-state index contributed by atoms with van der Waals surface area (Å²) in [6, 6.07) is 10.8. The fraction of sp³-hybridized carbons (Fsp3) is 0.529. The Kier molecular flexibility index (Phi) is 4.34. The number of nitrogens with zero attached hydrogens (tertiary/aromatic N) is 2. The van der Waals surface area contributed by atoms with E-state index in [1.54, 1.807) is 0 Å². The third kappa shape index (κ3) is 3.16. The van der Waals surface area contributed by atoms with Crippen LogP contribution in [0.15, 0.2) is 30.3 Å². The van der Waals surface area contributed by atoms with Crippen LogP contribution in [0.5, 0.6) is 0 Å². The van der Waals surface area contributed by atoms with Gasteiger partial charge in [-0.25, -0.2) is 0 Å². The predicted molar refractivity (Wildman–Crippen MR) is 84.6 cm³/mol. The Labute approximate surface area is 126 Å². The van der Waals surface area contributed by atoms with Gasteiger partial charge >= 0.3 is 0 Å². The maximum absolute atomic E-state index is 4.32. The van der Waals surface area contributed by atoms with Gasteiger partial charge in [0.15, 0.2) is 0 Å². The number of benzene rings is 1. The van der Waals surface area contributed by atoms with E-state index in [4.69, 9.17) is 0 Å². The molecule has 1 aromatic heterocycles.